The standard InChI is InChI=1S/C10H6F2N.Ti/c11-8-3-4-10(9(12)7-8)13-5-1-2-6-13;/h1-6H;/q-1;. The van der Waals surface area contributed by atoms with E-state index in [2.05, 4.69) is 0 Å². The van der Waals surface area contributed by atoms with Crippen LogP contribution in [0.4, 0.5) is 8.78 Å². The molecule has 2 aromatic rings. The van der Waals surface area contributed by atoms with E-state index in [0.717, 1.165) is 0 Å². The maximum atomic E-state index is 13.1. The van der Waals surface area contributed by atoms with Gasteiger partial charge in [0.1, 0.15) is 0 Å². The molecular weight excluding hydrogens is 220 g/mol. The Morgan fingerprint density at radius 1 is 1.07 bits per heavy atom. The zero-order chi connectivity index (χ0) is 9.26. The number of benzene rings is 1. The largest absolute Gasteiger partial charge is 0.375 e. The maximum Gasteiger partial charge on any atom is 0.0368 e. The Balaban J connectivity index is 0.000000980. The molecule has 0 aliphatic heterocycles. The minimum Gasteiger partial charge on any atom is -0.375 e. The van der Waals surface area contributed by atoms with Gasteiger partial charge in [0.15, 0.2) is 0 Å². The Hall–Kier alpha value is -0.926. The van der Waals surface area contributed by atoms with Crippen LogP contribution >= 0.6 is 0 Å². The monoisotopic (exact) mass is 226 g/mol. The van der Waals surface area contributed by atoms with E-state index in [1.165, 1.54) is 12.1 Å². The van der Waals surface area contributed by atoms with Crippen LogP contribution in [-0.2, 0) is 21.7 Å². The molecule has 2 rings (SSSR count). The fraction of sp³-hybridized carbons (Fsp3) is 0. The van der Waals surface area contributed by atoms with Crippen LogP contribution in [0.25, 0.3) is 5.69 Å². The third kappa shape index (κ3) is 2.11. The number of hydrogen-bond donors (Lipinski definition) is 0. The molecule has 0 amide bonds. The van der Waals surface area contributed by atoms with E-state index in [0.29, 0.717) is 5.69 Å². The van der Waals surface area contributed by atoms with Crippen LogP contribution < -0.4 is 0 Å². The molecule has 0 bridgehead atoms. The predicted molar refractivity (Wildman–Crippen MR) is 44.5 cm³/mol. The van der Waals surface area contributed by atoms with Gasteiger partial charge in [-0.2, -0.15) is 0 Å². The van der Waals surface area contributed by atoms with Gasteiger partial charge in [0, 0.05) is 33.4 Å². The molecule has 14 heavy (non-hydrogen) atoms. The molecule has 70 valence electrons. The predicted octanol–water partition coefficient (Wildman–Crippen LogP) is 2.55. The van der Waals surface area contributed by atoms with Crippen molar-refractivity contribution in [2.75, 3.05) is 0 Å². The zero-order valence-electron chi connectivity index (χ0n) is 7.17. The van der Waals surface area contributed by atoms with Gasteiger partial charge < -0.3 is 4.57 Å². The van der Waals surface area contributed by atoms with Crippen molar-refractivity contribution in [2.45, 2.75) is 0 Å². The summed E-state index contributed by atoms with van der Waals surface area (Å²) in [4.78, 5) is 0. The van der Waals surface area contributed by atoms with Gasteiger partial charge in [-0.1, -0.05) is 0 Å². The van der Waals surface area contributed by atoms with Crippen LogP contribution in [0.1, 0.15) is 0 Å². The minimum atomic E-state index is -0.687. The Labute approximate surface area is 95.2 Å². The zero-order valence-corrected chi connectivity index (χ0v) is 8.73. The molecular formula is C10H6F2NTi-. The van der Waals surface area contributed by atoms with Crippen molar-refractivity contribution in [3.05, 3.63) is 54.4 Å². The topological polar surface area (TPSA) is 4.93 Å². The summed E-state index contributed by atoms with van der Waals surface area (Å²) in [6.45, 7) is 0. The van der Waals surface area contributed by atoms with Crippen molar-refractivity contribution in [2.24, 2.45) is 0 Å². The van der Waals surface area contributed by atoms with Gasteiger partial charge in [-0.25, -0.2) is 8.78 Å². The van der Waals surface area contributed by atoms with Crippen molar-refractivity contribution in [3.8, 4) is 5.69 Å². The summed E-state index contributed by atoms with van der Waals surface area (Å²) in [5.41, 5.74) is 0.298. The van der Waals surface area contributed by atoms with Gasteiger partial charge in [-0.15, -0.1) is 18.2 Å². The average molecular weight is 226 g/mol. The number of rotatable bonds is 1. The molecule has 0 aliphatic carbocycles. The summed E-state index contributed by atoms with van der Waals surface area (Å²) in [6.07, 6.45) is 3.37. The maximum absolute atomic E-state index is 13.1. The van der Waals surface area contributed by atoms with Gasteiger partial charge in [-0.05, 0) is 30.2 Å². The van der Waals surface area contributed by atoms with Gasteiger partial charge in [0.2, 0.25) is 0 Å². The number of halogens is 2. The van der Waals surface area contributed by atoms with Crippen molar-refractivity contribution < 1.29 is 30.5 Å². The van der Waals surface area contributed by atoms with Crippen molar-refractivity contribution >= 4 is 0 Å². The molecule has 0 saturated carbocycles. The van der Waals surface area contributed by atoms with Crippen LogP contribution in [-0.4, -0.2) is 4.57 Å². The molecule has 0 spiro atoms. The number of hydrogen-bond acceptors (Lipinski definition) is 0. The third-order valence-corrected chi connectivity index (χ3v) is 1.72. The van der Waals surface area contributed by atoms with Gasteiger partial charge in [0.25, 0.3) is 0 Å². The SMILES string of the molecule is Fc1[c-]c(F)c(-n2cccc2)cc1.[Ti]. The summed E-state index contributed by atoms with van der Waals surface area (Å²) in [5, 5.41) is 0. The molecule has 1 aromatic carbocycles. The van der Waals surface area contributed by atoms with Crippen LogP contribution in [0.3, 0.4) is 0 Å². The van der Waals surface area contributed by atoms with E-state index in [1.807, 2.05) is 6.07 Å². The first kappa shape index (κ1) is 11.2. The van der Waals surface area contributed by atoms with E-state index >= 15 is 0 Å². The molecule has 0 unspecified atom stereocenters. The van der Waals surface area contributed by atoms with E-state index in [9.17, 15) is 8.78 Å². The second-order valence-electron chi connectivity index (χ2n) is 2.60. The first-order valence-corrected chi connectivity index (χ1v) is 3.78. The summed E-state index contributed by atoms with van der Waals surface area (Å²) in [5.74, 6) is -1.37. The molecule has 0 fully saturated rings. The molecule has 1 heterocycles. The van der Waals surface area contributed by atoms with Crippen LogP contribution in [0.15, 0.2) is 36.7 Å². The molecule has 0 atom stereocenters. The van der Waals surface area contributed by atoms with Crippen molar-refractivity contribution in [3.63, 3.8) is 0 Å². The normalized spacial score (nSPS) is 9.57. The van der Waals surface area contributed by atoms with Gasteiger partial charge >= 0.3 is 0 Å². The Morgan fingerprint density at radius 3 is 2.29 bits per heavy atom. The van der Waals surface area contributed by atoms with Crippen LogP contribution in [0, 0.1) is 17.7 Å². The molecule has 0 N–H and O–H groups in total. The molecule has 1 aromatic heterocycles. The molecule has 0 aliphatic rings. The molecule has 0 saturated heterocycles. The summed E-state index contributed by atoms with van der Waals surface area (Å²) in [6, 6.07) is 8.06. The van der Waals surface area contributed by atoms with Gasteiger partial charge in [0.05, 0.1) is 0 Å². The van der Waals surface area contributed by atoms with E-state index in [1.54, 1.807) is 29.1 Å². The second-order valence-corrected chi connectivity index (χ2v) is 2.60. The first-order valence-electron chi connectivity index (χ1n) is 3.78. The minimum absolute atomic E-state index is 0. The smallest absolute Gasteiger partial charge is 0.0368 e. The Bertz CT molecular complexity index is 412. The average Bonchev–Trinajstić information content (AvgIpc) is 2.56. The second kappa shape index (κ2) is 4.53. The van der Waals surface area contributed by atoms with E-state index < -0.39 is 11.6 Å². The fourth-order valence-corrected chi connectivity index (χ4v) is 1.13. The van der Waals surface area contributed by atoms with E-state index in [4.69, 9.17) is 0 Å². The Kier molecular flexibility index (Phi) is 3.61. The molecule has 0 radical (unpaired) electrons. The first-order chi connectivity index (χ1) is 6.27. The summed E-state index contributed by atoms with van der Waals surface area (Å²) < 4.78 is 27.1. The summed E-state index contributed by atoms with van der Waals surface area (Å²) >= 11 is 0. The van der Waals surface area contributed by atoms with Gasteiger partial charge in [-0.3, -0.25) is 0 Å². The fourth-order valence-electron chi connectivity index (χ4n) is 1.13. The molecule has 1 nitrogen and oxygen atoms in total. The number of aromatic nitrogens is 1. The van der Waals surface area contributed by atoms with Crippen molar-refractivity contribution in [1.29, 1.82) is 0 Å². The van der Waals surface area contributed by atoms with E-state index in [-0.39, 0.29) is 21.7 Å². The van der Waals surface area contributed by atoms with Crippen molar-refractivity contribution in [1.82, 2.24) is 4.57 Å². The quantitative estimate of drug-likeness (QED) is 0.520. The van der Waals surface area contributed by atoms with Crippen LogP contribution in [0.2, 0.25) is 0 Å². The molecule has 4 heteroatoms. The van der Waals surface area contributed by atoms with Crippen LogP contribution in [0.5, 0.6) is 0 Å². The Morgan fingerprint density at radius 2 is 1.71 bits per heavy atom. The number of nitrogens with zero attached hydrogens (tertiary/aromatic N) is 1. The summed E-state index contributed by atoms with van der Waals surface area (Å²) in [7, 11) is 0. The third-order valence-electron chi connectivity index (χ3n) is 1.72.